The van der Waals surface area contributed by atoms with Gasteiger partial charge in [-0.05, 0) is 30.4 Å². The van der Waals surface area contributed by atoms with Crippen LogP contribution in [0.25, 0.3) is 0 Å². The minimum atomic E-state index is -1.20. The summed E-state index contributed by atoms with van der Waals surface area (Å²) in [5.41, 5.74) is -0.953. The molecule has 0 radical (unpaired) electrons. The first-order chi connectivity index (χ1) is 10.3. The number of amides is 1. The highest BCUT2D eigenvalue weighted by Gasteiger charge is 2.42. The number of nitrogens with one attached hydrogen (secondary N) is 1. The Hall–Kier alpha value is -1.98. The summed E-state index contributed by atoms with van der Waals surface area (Å²) in [5.74, 6) is -3.30. The predicted octanol–water partition coefficient (Wildman–Crippen LogP) is 2.97. The Labute approximate surface area is 127 Å². The minimum absolute atomic E-state index is 0.0441. The summed E-state index contributed by atoms with van der Waals surface area (Å²) in [6.45, 7) is 1.65. The highest BCUT2D eigenvalue weighted by molar-refractivity contribution is 5.87. The third-order valence-corrected chi connectivity index (χ3v) is 4.23. The maximum absolute atomic E-state index is 13.7. The van der Waals surface area contributed by atoms with Crippen molar-refractivity contribution in [1.29, 1.82) is 0 Å². The van der Waals surface area contributed by atoms with E-state index < -0.39 is 35.0 Å². The molecule has 0 aliphatic heterocycles. The molecule has 1 saturated carbocycles. The lowest BCUT2D eigenvalue weighted by molar-refractivity contribution is -0.147. The van der Waals surface area contributed by atoms with Crippen molar-refractivity contribution < 1.29 is 23.5 Å². The Morgan fingerprint density at radius 3 is 2.50 bits per heavy atom. The number of carboxylic acids is 1. The maximum atomic E-state index is 13.7. The van der Waals surface area contributed by atoms with E-state index >= 15 is 0 Å². The monoisotopic (exact) mass is 311 g/mol. The van der Waals surface area contributed by atoms with E-state index in [1.807, 2.05) is 0 Å². The van der Waals surface area contributed by atoms with Crippen molar-refractivity contribution in [3.8, 4) is 0 Å². The fourth-order valence-corrected chi connectivity index (χ4v) is 2.98. The molecule has 120 valence electrons. The van der Waals surface area contributed by atoms with Gasteiger partial charge in [-0.15, -0.1) is 0 Å². The number of carbonyl (C=O) groups is 2. The lowest BCUT2D eigenvalue weighted by atomic mass is 9.94. The number of halogens is 2. The van der Waals surface area contributed by atoms with Crippen molar-refractivity contribution in [2.75, 3.05) is 0 Å². The molecular formula is C16H19F2NO3. The molecule has 1 aromatic rings. The van der Waals surface area contributed by atoms with Crippen LogP contribution >= 0.6 is 0 Å². The van der Waals surface area contributed by atoms with Gasteiger partial charge in [0.15, 0.2) is 0 Å². The molecule has 1 aliphatic carbocycles. The van der Waals surface area contributed by atoms with Crippen molar-refractivity contribution in [2.45, 2.75) is 50.5 Å². The summed E-state index contributed by atoms with van der Waals surface area (Å²) < 4.78 is 26.6. The Morgan fingerprint density at radius 2 is 1.95 bits per heavy atom. The average Bonchev–Trinajstić information content (AvgIpc) is 2.88. The van der Waals surface area contributed by atoms with E-state index in [2.05, 4.69) is 5.32 Å². The van der Waals surface area contributed by atoms with Crippen LogP contribution in [0.3, 0.4) is 0 Å². The molecule has 1 atom stereocenters. The number of hydrogen-bond donors (Lipinski definition) is 2. The van der Waals surface area contributed by atoms with Crippen molar-refractivity contribution in [3.05, 3.63) is 35.4 Å². The van der Waals surface area contributed by atoms with E-state index in [1.165, 1.54) is 6.07 Å². The molecule has 0 saturated heterocycles. The van der Waals surface area contributed by atoms with Crippen LogP contribution < -0.4 is 5.32 Å². The molecule has 1 aromatic carbocycles. The van der Waals surface area contributed by atoms with E-state index in [4.69, 9.17) is 0 Å². The van der Waals surface area contributed by atoms with E-state index in [0.717, 1.165) is 25.0 Å². The van der Waals surface area contributed by atoms with Crippen molar-refractivity contribution >= 4 is 11.9 Å². The Kier molecular flexibility index (Phi) is 4.78. The molecule has 0 spiro atoms. The zero-order valence-electron chi connectivity index (χ0n) is 12.4. The molecule has 0 heterocycles. The van der Waals surface area contributed by atoms with E-state index in [-0.39, 0.29) is 12.0 Å². The van der Waals surface area contributed by atoms with Crippen LogP contribution in [0.15, 0.2) is 18.2 Å². The second-order valence-corrected chi connectivity index (χ2v) is 5.91. The van der Waals surface area contributed by atoms with Gasteiger partial charge in [0.25, 0.3) is 0 Å². The Balaban J connectivity index is 2.03. The van der Waals surface area contributed by atoms with Gasteiger partial charge >= 0.3 is 5.97 Å². The van der Waals surface area contributed by atoms with Crippen molar-refractivity contribution in [3.63, 3.8) is 0 Å². The number of hydrogen-bond acceptors (Lipinski definition) is 2. The molecule has 1 fully saturated rings. The van der Waals surface area contributed by atoms with Crippen LogP contribution in [0.1, 0.15) is 50.5 Å². The number of benzene rings is 1. The number of carboxylic acid groups (broad SMARTS) is 1. The van der Waals surface area contributed by atoms with Gasteiger partial charge in [-0.3, -0.25) is 4.79 Å². The topological polar surface area (TPSA) is 66.4 Å². The first-order valence-corrected chi connectivity index (χ1v) is 7.33. The molecule has 6 heteroatoms. The van der Waals surface area contributed by atoms with Crippen LogP contribution in [0.4, 0.5) is 8.78 Å². The van der Waals surface area contributed by atoms with Crippen LogP contribution in [-0.4, -0.2) is 22.5 Å². The summed E-state index contributed by atoms with van der Waals surface area (Å²) >= 11 is 0. The van der Waals surface area contributed by atoms with Crippen LogP contribution in [0.5, 0.6) is 0 Å². The highest BCUT2D eigenvalue weighted by Crippen LogP contribution is 2.31. The third-order valence-electron chi connectivity index (χ3n) is 4.23. The molecule has 4 nitrogen and oxygen atoms in total. The average molecular weight is 311 g/mol. The fraction of sp³-hybridized carbons (Fsp3) is 0.500. The summed E-state index contributed by atoms with van der Waals surface area (Å²) in [4.78, 5) is 23.5. The first-order valence-electron chi connectivity index (χ1n) is 7.33. The number of rotatable bonds is 5. The van der Waals surface area contributed by atoms with Crippen LogP contribution in [-0.2, 0) is 9.59 Å². The number of aliphatic carboxylic acids is 1. The summed E-state index contributed by atoms with van der Waals surface area (Å²) in [6, 6.07) is 3.23. The number of carbonyl (C=O) groups excluding carboxylic acids is 1. The van der Waals surface area contributed by atoms with Gasteiger partial charge in [0.05, 0.1) is 0 Å². The van der Waals surface area contributed by atoms with Gasteiger partial charge in [-0.2, -0.15) is 0 Å². The Morgan fingerprint density at radius 1 is 1.32 bits per heavy atom. The fourth-order valence-electron chi connectivity index (χ4n) is 2.98. The Bertz CT molecular complexity index is 583. The largest absolute Gasteiger partial charge is 0.480 e. The van der Waals surface area contributed by atoms with Gasteiger partial charge < -0.3 is 10.4 Å². The standard InChI is InChI=1S/C16H19F2NO3/c1-10(12-5-4-11(17)9-13(12)18)8-14(20)19-16(15(21)22)6-2-3-7-16/h4-5,9-10H,2-3,6-8H2,1H3,(H,19,20)(H,21,22). The van der Waals surface area contributed by atoms with E-state index in [1.54, 1.807) is 6.92 Å². The van der Waals surface area contributed by atoms with E-state index in [9.17, 15) is 23.5 Å². The normalized spacial score (nSPS) is 18.0. The molecule has 0 bridgehead atoms. The van der Waals surface area contributed by atoms with Gasteiger partial charge in [0.2, 0.25) is 5.91 Å². The molecule has 2 rings (SSSR count). The lowest BCUT2D eigenvalue weighted by Crippen LogP contribution is -2.52. The molecule has 0 aromatic heterocycles. The predicted molar refractivity (Wildman–Crippen MR) is 76.4 cm³/mol. The molecule has 1 aliphatic rings. The molecule has 2 N–H and O–H groups in total. The summed E-state index contributed by atoms with van der Waals surface area (Å²) in [7, 11) is 0. The first kappa shape index (κ1) is 16.4. The zero-order chi connectivity index (χ0) is 16.3. The van der Waals surface area contributed by atoms with Gasteiger partial charge in [-0.1, -0.05) is 25.8 Å². The smallest absolute Gasteiger partial charge is 0.329 e. The minimum Gasteiger partial charge on any atom is -0.480 e. The van der Waals surface area contributed by atoms with Crippen LogP contribution in [0.2, 0.25) is 0 Å². The van der Waals surface area contributed by atoms with Gasteiger partial charge in [0.1, 0.15) is 17.2 Å². The second kappa shape index (κ2) is 6.42. The third kappa shape index (κ3) is 3.43. The molecule has 1 unspecified atom stereocenters. The summed E-state index contributed by atoms with van der Waals surface area (Å²) in [5, 5.41) is 11.9. The van der Waals surface area contributed by atoms with Crippen molar-refractivity contribution in [1.82, 2.24) is 5.32 Å². The van der Waals surface area contributed by atoms with Crippen LogP contribution in [0, 0.1) is 11.6 Å². The van der Waals surface area contributed by atoms with E-state index in [0.29, 0.717) is 12.8 Å². The summed E-state index contributed by atoms with van der Waals surface area (Å²) in [6.07, 6.45) is 2.29. The quantitative estimate of drug-likeness (QED) is 0.878. The maximum Gasteiger partial charge on any atom is 0.329 e. The zero-order valence-corrected chi connectivity index (χ0v) is 12.4. The van der Waals surface area contributed by atoms with Crippen molar-refractivity contribution in [2.24, 2.45) is 0 Å². The second-order valence-electron chi connectivity index (χ2n) is 5.91. The molecular weight excluding hydrogens is 292 g/mol. The highest BCUT2D eigenvalue weighted by atomic mass is 19.1. The molecule has 22 heavy (non-hydrogen) atoms. The lowest BCUT2D eigenvalue weighted by Gasteiger charge is -2.26. The van der Waals surface area contributed by atoms with Gasteiger partial charge in [-0.25, -0.2) is 13.6 Å². The molecule has 1 amide bonds. The SMILES string of the molecule is CC(CC(=O)NC1(C(=O)O)CCCC1)c1ccc(F)cc1F. The van der Waals surface area contributed by atoms with Gasteiger partial charge in [0, 0.05) is 12.5 Å².